The number of halogens is 1. The minimum Gasteiger partial charge on any atom is -0.368 e. The highest BCUT2D eigenvalue weighted by Crippen LogP contribution is 2.20. The first-order valence-corrected chi connectivity index (χ1v) is 10.2. The van der Waals surface area contributed by atoms with Gasteiger partial charge in [-0.1, -0.05) is 49.4 Å². The van der Waals surface area contributed by atoms with Gasteiger partial charge >= 0.3 is 0 Å². The first-order valence-electron chi connectivity index (χ1n) is 9.67. The van der Waals surface area contributed by atoms with Crippen LogP contribution >= 0.6 is 11.6 Å². The monoisotopic (exact) mass is 426 g/mol. The predicted octanol–water partition coefficient (Wildman–Crippen LogP) is 4.20. The zero-order valence-corrected chi connectivity index (χ0v) is 18.1. The lowest BCUT2D eigenvalue weighted by Crippen LogP contribution is -2.31. The summed E-state index contributed by atoms with van der Waals surface area (Å²) in [4.78, 5) is 29.4. The summed E-state index contributed by atoms with van der Waals surface area (Å²) in [6.07, 6.45) is 1.86. The van der Waals surface area contributed by atoms with Gasteiger partial charge in [-0.15, -0.1) is 11.6 Å². The number of amides is 2. The van der Waals surface area contributed by atoms with Crippen molar-refractivity contribution in [2.75, 3.05) is 12.0 Å². The van der Waals surface area contributed by atoms with Crippen LogP contribution in [0.2, 0.25) is 0 Å². The maximum atomic E-state index is 12.2. The molecule has 0 radical (unpaired) electrons. The molecule has 0 unspecified atom stereocenters. The van der Waals surface area contributed by atoms with Crippen LogP contribution < -0.4 is 10.6 Å². The molecular weight excluding hydrogens is 400 g/mol. The Morgan fingerprint density at radius 2 is 1.90 bits per heavy atom. The highest BCUT2D eigenvalue weighted by Gasteiger charge is 2.14. The molecule has 0 bridgehead atoms. The molecule has 0 spiro atoms. The third-order valence-corrected chi connectivity index (χ3v) is 4.86. The Morgan fingerprint density at radius 3 is 2.53 bits per heavy atom. The fourth-order valence-corrected chi connectivity index (χ4v) is 3.11. The van der Waals surface area contributed by atoms with Gasteiger partial charge in [-0.25, -0.2) is 4.99 Å². The van der Waals surface area contributed by atoms with Crippen molar-refractivity contribution in [1.82, 2.24) is 10.2 Å². The van der Waals surface area contributed by atoms with Crippen molar-refractivity contribution in [3.8, 4) is 0 Å². The SMILES string of the molecule is C=NC(=O)/C(=C\N(CNc1cccc(CCl)c1C)Cc1ccccc1)NC(=O)CC. The van der Waals surface area contributed by atoms with E-state index < -0.39 is 5.91 Å². The van der Waals surface area contributed by atoms with Crippen LogP contribution in [-0.4, -0.2) is 30.1 Å². The Labute approximate surface area is 182 Å². The summed E-state index contributed by atoms with van der Waals surface area (Å²) in [6.45, 7) is 7.94. The Bertz CT molecular complexity index is 913. The average molecular weight is 427 g/mol. The number of carbonyl (C=O) groups is 2. The van der Waals surface area contributed by atoms with Crippen molar-refractivity contribution in [3.05, 3.63) is 77.1 Å². The smallest absolute Gasteiger partial charge is 0.294 e. The zero-order valence-electron chi connectivity index (χ0n) is 17.3. The van der Waals surface area contributed by atoms with Crippen LogP contribution in [0.15, 0.2) is 65.4 Å². The molecule has 6 nitrogen and oxygen atoms in total. The Balaban J connectivity index is 2.30. The van der Waals surface area contributed by atoms with E-state index in [-0.39, 0.29) is 18.0 Å². The highest BCUT2D eigenvalue weighted by atomic mass is 35.5. The van der Waals surface area contributed by atoms with Crippen LogP contribution in [0.4, 0.5) is 5.69 Å². The first-order chi connectivity index (χ1) is 14.5. The molecule has 2 aromatic carbocycles. The number of nitrogens with one attached hydrogen (secondary N) is 2. The molecule has 7 heteroatoms. The number of rotatable bonds is 10. The van der Waals surface area contributed by atoms with Gasteiger partial charge in [0.2, 0.25) is 5.91 Å². The lowest BCUT2D eigenvalue weighted by Gasteiger charge is -2.24. The van der Waals surface area contributed by atoms with Gasteiger partial charge in [-0.2, -0.15) is 0 Å². The van der Waals surface area contributed by atoms with Gasteiger partial charge < -0.3 is 15.5 Å². The molecule has 0 saturated carbocycles. The molecule has 0 aliphatic carbocycles. The van der Waals surface area contributed by atoms with Gasteiger partial charge in [0, 0.05) is 30.7 Å². The second-order valence-electron chi connectivity index (χ2n) is 6.70. The molecule has 0 heterocycles. The zero-order chi connectivity index (χ0) is 21.9. The van der Waals surface area contributed by atoms with Crippen LogP contribution in [0.25, 0.3) is 0 Å². The van der Waals surface area contributed by atoms with Crippen LogP contribution in [0, 0.1) is 6.92 Å². The standard InChI is InChI=1S/C23H27ClN4O2/c1-4-22(29)27-21(23(30)25-3)15-28(14-18-9-6-5-7-10-18)16-26-20-12-8-11-19(13-24)17(20)2/h5-12,15,26H,3-4,13-14,16H2,1-2H3,(H,27,29)/b21-15+. The third kappa shape index (κ3) is 6.74. The van der Waals surface area contributed by atoms with E-state index in [0.29, 0.717) is 19.1 Å². The summed E-state index contributed by atoms with van der Waals surface area (Å²) >= 11 is 6.01. The normalized spacial score (nSPS) is 11.0. The summed E-state index contributed by atoms with van der Waals surface area (Å²) in [5.74, 6) is -0.423. The molecule has 0 atom stereocenters. The maximum absolute atomic E-state index is 12.2. The minimum atomic E-state index is -0.588. The van der Waals surface area contributed by atoms with Crippen molar-refractivity contribution in [1.29, 1.82) is 0 Å². The highest BCUT2D eigenvalue weighted by molar-refractivity contribution is 6.17. The molecule has 2 N–H and O–H groups in total. The minimum absolute atomic E-state index is 0.0841. The number of hydrogen-bond acceptors (Lipinski definition) is 4. The largest absolute Gasteiger partial charge is 0.368 e. The van der Waals surface area contributed by atoms with Crippen molar-refractivity contribution in [2.24, 2.45) is 4.99 Å². The summed E-state index contributed by atoms with van der Waals surface area (Å²) < 4.78 is 0. The topological polar surface area (TPSA) is 73.8 Å². The molecule has 158 valence electrons. The van der Waals surface area contributed by atoms with Crippen LogP contribution in [-0.2, 0) is 22.0 Å². The van der Waals surface area contributed by atoms with Gasteiger partial charge in [-0.3, -0.25) is 9.59 Å². The number of hydrogen-bond donors (Lipinski definition) is 2. The van der Waals surface area contributed by atoms with Crippen LogP contribution in [0.5, 0.6) is 0 Å². The summed E-state index contributed by atoms with van der Waals surface area (Å²) in [6, 6.07) is 15.8. The average Bonchev–Trinajstić information content (AvgIpc) is 2.77. The van der Waals surface area contributed by atoms with Crippen molar-refractivity contribution in [3.63, 3.8) is 0 Å². The lowest BCUT2D eigenvalue weighted by molar-refractivity contribution is -0.122. The number of anilines is 1. The van der Waals surface area contributed by atoms with E-state index in [9.17, 15) is 9.59 Å². The number of aliphatic imine (C=N–C) groups is 1. The van der Waals surface area contributed by atoms with Crippen LogP contribution in [0.3, 0.4) is 0 Å². The molecule has 0 aliphatic heterocycles. The molecule has 0 aliphatic rings. The van der Waals surface area contributed by atoms with Crippen molar-refractivity contribution >= 4 is 35.8 Å². The van der Waals surface area contributed by atoms with Gasteiger partial charge in [0.05, 0.1) is 6.67 Å². The van der Waals surface area contributed by atoms with Gasteiger partial charge in [-0.05, 0) is 36.4 Å². The Kier molecular flexibility index (Phi) is 9.09. The maximum Gasteiger partial charge on any atom is 0.294 e. The van der Waals surface area contributed by atoms with Gasteiger partial charge in [0.1, 0.15) is 5.70 Å². The van der Waals surface area contributed by atoms with E-state index in [1.54, 1.807) is 13.1 Å². The summed E-state index contributed by atoms with van der Waals surface area (Å²) in [7, 11) is 0. The Hall–Kier alpha value is -3.12. The summed E-state index contributed by atoms with van der Waals surface area (Å²) in [5.41, 5.74) is 4.21. The number of benzene rings is 2. The van der Waals surface area contributed by atoms with E-state index in [1.807, 2.05) is 60.4 Å². The quantitative estimate of drug-likeness (QED) is 0.258. The fraction of sp³-hybridized carbons (Fsp3) is 0.261. The molecule has 2 rings (SSSR count). The van der Waals surface area contributed by atoms with E-state index >= 15 is 0 Å². The van der Waals surface area contributed by atoms with E-state index in [1.165, 1.54) is 0 Å². The van der Waals surface area contributed by atoms with E-state index in [4.69, 9.17) is 11.6 Å². The van der Waals surface area contributed by atoms with Gasteiger partial charge in [0.15, 0.2) is 0 Å². The third-order valence-electron chi connectivity index (χ3n) is 4.57. The lowest BCUT2D eigenvalue weighted by atomic mass is 10.1. The number of nitrogens with zero attached hydrogens (tertiary/aromatic N) is 2. The second-order valence-corrected chi connectivity index (χ2v) is 6.97. The second kappa shape index (κ2) is 11.8. The molecule has 0 fully saturated rings. The van der Waals surface area contributed by atoms with Gasteiger partial charge in [0.25, 0.3) is 5.91 Å². The van der Waals surface area contributed by atoms with Crippen molar-refractivity contribution < 1.29 is 9.59 Å². The molecule has 30 heavy (non-hydrogen) atoms. The molecule has 2 amide bonds. The fourth-order valence-electron chi connectivity index (χ4n) is 2.82. The number of carbonyl (C=O) groups excluding carboxylic acids is 2. The first kappa shape index (κ1) is 23.2. The van der Waals surface area contributed by atoms with Crippen LogP contribution in [0.1, 0.15) is 30.0 Å². The van der Waals surface area contributed by atoms with E-state index in [2.05, 4.69) is 22.3 Å². The van der Waals surface area contributed by atoms with Crippen molar-refractivity contribution in [2.45, 2.75) is 32.7 Å². The molecule has 0 aromatic heterocycles. The number of alkyl halides is 1. The Morgan fingerprint density at radius 1 is 1.17 bits per heavy atom. The predicted molar refractivity (Wildman–Crippen MR) is 122 cm³/mol. The van der Waals surface area contributed by atoms with E-state index in [0.717, 1.165) is 22.4 Å². The molecule has 0 saturated heterocycles. The molecule has 2 aromatic rings. The molecular formula is C23H27ClN4O2. The summed E-state index contributed by atoms with van der Waals surface area (Å²) in [5, 5.41) is 6.00.